The van der Waals surface area contributed by atoms with Gasteiger partial charge in [0.1, 0.15) is 11.3 Å². The van der Waals surface area contributed by atoms with E-state index >= 15 is 0 Å². The number of nitrogens with zero attached hydrogens (tertiary/aromatic N) is 1. The molecule has 2 aliphatic rings. The molecule has 1 aliphatic carbocycles. The number of carboxylic acid groups (broad SMARTS) is 1. The first kappa shape index (κ1) is 25.7. The zero-order chi connectivity index (χ0) is 23.4. The van der Waals surface area contributed by atoms with Crippen LogP contribution in [-0.2, 0) is 14.3 Å². The van der Waals surface area contributed by atoms with Gasteiger partial charge in [-0.1, -0.05) is 52.0 Å². The van der Waals surface area contributed by atoms with E-state index in [1.807, 2.05) is 39.5 Å². The monoisotopic (exact) mass is 437 g/mol. The first-order chi connectivity index (χ1) is 14.3. The molecule has 6 heteroatoms. The Bertz CT molecular complexity index is 643. The summed E-state index contributed by atoms with van der Waals surface area (Å²) in [5.41, 5.74) is -1.35. The second-order valence-corrected chi connectivity index (χ2v) is 11.1. The van der Waals surface area contributed by atoms with Crippen LogP contribution in [0.1, 0.15) is 93.4 Å². The molecule has 1 aliphatic heterocycles. The summed E-state index contributed by atoms with van der Waals surface area (Å²) in [5.74, 6) is -0.0271. The van der Waals surface area contributed by atoms with Crippen molar-refractivity contribution >= 4 is 12.1 Å². The lowest BCUT2D eigenvalue weighted by Crippen LogP contribution is -2.51. The molecule has 1 amide bonds. The number of allylic oxidation sites excluding steroid dienone is 1. The third-order valence-electron chi connectivity index (χ3n) is 6.52. The lowest BCUT2D eigenvalue weighted by Gasteiger charge is -2.37. The normalized spacial score (nSPS) is 25.9. The van der Waals surface area contributed by atoms with E-state index in [4.69, 9.17) is 14.6 Å². The highest BCUT2D eigenvalue weighted by molar-refractivity contribution is 5.79. The Morgan fingerprint density at radius 1 is 1.19 bits per heavy atom. The van der Waals surface area contributed by atoms with Crippen LogP contribution >= 0.6 is 0 Å². The lowest BCUT2D eigenvalue weighted by atomic mass is 9.81. The van der Waals surface area contributed by atoms with Crippen LogP contribution in [0.4, 0.5) is 4.79 Å². The summed E-state index contributed by atoms with van der Waals surface area (Å²) in [7, 11) is 0. The maximum Gasteiger partial charge on any atom is 0.412 e. The van der Waals surface area contributed by atoms with Gasteiger partial charge < -0.3 is 14.6 Å². The summed E-state index contributed by atoms with van der Waals surface area (Å²) in [4.78, 5) is 26.1. The molecular weight excluding hydrogens is 394 g/mol. The Morgan fingerprint density at radius 2 is 1.81 bits per heavy atom. The standard InChI is InChI=1S/C25H43NO5/c1-17(2)19(13-14-22(27)28)16-21-20(15-18-11-9-8-10-12-18)26(25(6,7)30-21)23(29)31-24(3,4)5/h13-14,17-21H,8-12,15-16H2,1-7H3,(H,27,28)/t19-,20-,21-/m0/s1. The molecule has 0 aromatic heterocycles. The van der Waals surface area contributed by atoms with Crippen LogP contribution in [0.15, 0.2) is 12.2 Å². The van der Waals surface area contributed by atoms with E-state index < -0.39 is 17.3 Å². The Morgan fingerprint density at radius 3 is 2.32 bits per heavy atom. The van der Waals surface area contributed by atoms with Gasteiger partial charge in [-0.2, -0.15) is 0 Å². The van der Waals surface area contributed by atoms with Crippen molar-refractivity contribution in [3.63, 3.8) is 0 Å². The topological polar surface area (TPSA) is 76.1 Å². The van der Waals surface area contributed by atoms with Crippen molar-refractivity contribution in [2.45, 2.75) is 117 Å². The van der Waals surface area contributed by atoms with Gasteiger partial charge in [-0.05, 0) is 65.2 Å². The third kappa shape index (κ3) is 7.51. The van der Waals surface area contributed by atoms with E-state index in [1.54, 1.807) is 6.08 Å². The summed E-state index contributed by atoms with van der Waals surface area (Å²) >= 11 is 0. The van der Waals surface area contributed by atoms with Crippen molar-refractivity contribution < 1.29 is 24.2 Å². The minimum absolute atomic E-state index is 0.0596. The molecule has 0 unspecified atom stereocenters. The summed E-state index contributed by atoms with van der Waals surface area (Å²) < 4.78 is 12.3. The largest absolute Gasteiger partial charge is 0.478 e. The van der Waals surface area contributed by atoms with Gasteiger partial charge >= 0.3 is 12.1 Å². The van der Waals surface area contributed by atoms with Gasteiger partial charge in [-0.15, -0.1) is 0 Å². The maximum absolute atomic E-state index is 13.2. The van der Waals surface area contributed by atoms with Crippen molar-refractivity contribution in [2.75, 3.05) is 0 Å². The molecule has 31 heavy (non-hydrogen) atoms. The molecule has 1 N–H and O–H groups in total. The van der Waals surface area contributed by atoms with Crippen LogP contribution < -0.4 is 0 Å². The van der Waals surface area contributed by atoms with Crippen molar-refractivity contribution in [1.29, 1.82) is 0 Å². The van der Waals surface area contributed by atoms with Crippen LogP contribution in [0.25, 0.3) is 0 Å². The number of aliphatic carboxylic acids is 1. The Balaban J connectivity index is 2.30. The molecule has 0 aromatic carbocycles. The van der Waals surface area contributed by atoms with Crippen LogP contribution in [0.2, 0.25) is 0 Å². The second kappa shape index (κ2) is 10.4. The minimum atomic E-state index is -0.938. The van der Waals surface area contributed by atoms with E-state index in [2.05, 4.69) is 13.8 Å². The zero-order valence-electron chi connectivity index (χ0n) is 20.5. The highest BCUT2D eigenvalue weighted by atomic mass is 16.6. The molecule has 0 spiro atoms. The SMILES string of the molecule is CC(C)[C@@H](C=CC(=O)O)C[C@@H]1OC(C)(C)N(C(=O)OC(C)(C)C)[C@H]1CC1CCCCC1. The fourth-order valence-corrected chi connectivity index (χ4v) is 5.01. The van der Waals surface area contributed by atoms with Crippen molar-refractivity contribution in [2.24, 2.45) is 17.8 Å². The fraction of sp³-hybridized carbons (Fsp3) is 0.840. The highest BCUT2D eigenvalue weighted by Crippen LogP contribution is 2.41. The Kier molecular flexibility index (Phi) is 8.60. The average Bonchev–Trinajstić information content (AvgIpc) is 2.87. The number of ether oxygens (including phenoxy) is 2. The predicted molar refractivity (Wildman–Crippen MR) is 122 cm³/mol. The Labute approximate surface area is 188 Å². The number of amides is 1. The van der Waals surface area contributed by atoms with Gasteiger partial charge in [0.15, 0.2) is 0 Å². The van der Waals surface area contributed by atoms with Crippen molar-refractivity contribution in [1.82, 2.24) is 4.90 Å². The molecule has 1 saturated heterocycles. The third-order valence-corrected chi connectivity index (χ3v) is 6.52. The van der Waals surface area contributed by atoms with E-state index in [-0.39, 0.29) is 30.1 Å². The van der Waals surface area contributed by atoms with Crippen LogP contribution in [0.3, 0.4) is 0 Å². The van der Waals surface area contributed by atoms with E-state index in [1.165, 1.54) is 38.2 Å². The highest BCUT2D eigenvalue weighted by Gasteiger charge is 2.51. The summed E-state index contributed by atoms with van der Waals surface area (Å²) in [6.07, 6.45) is 10.3. The summed E-state index contributed by atoms with van der Waals surface area (Å²) in [5, 5.41) is 9.09. The van der Waals surface area contributed by atoms with Crippen LogP contribution in [0.5, 0.6) is 0 Å². The van der Waals surface area contributed by atoms with E-state index in [9.17, 15) is 9.59 Å². The second-order valence-electron chi connectivity index (χ2n) is 11.1. The molecule has 0 aromatic rings. The molecule has 2 fully saturated rings. The summed E-state index contributed by atoms with van der Waals surface area (Å²) in [6, 6.07) is -0.0765. The maximum atomic E-state index is 13.2. The van der Waals surface area contributed by atoms with E-state index in [0.717, 1.165) is 6.42 Å². The first-order valence-corrected chi connectivity index (χ1v) is 11.9. The summed E-state index contributed by atoms with van der Waals surface area (Å²) in [6.45, 7) is 13.7. The number of carbonyl (C=O) groups excluding carboxylic acids is 1. The Hall–Kier alpha value is -1.56. The van der Waals surface area contributed by atoms with Crippen LogP contribution in [-0.4, -0.2) is 45.5 Å². The fourth-order valence-electron chi connectivity index (χ4n) is 5.01. The number of hydrogen-bond acceptors (Lipinski definition) is 4. The van der Waals surface area contributed by atoms with Gasteiger partial charge in [0.25, 0.3) is 0 Å². The van der Waals surface area contributed by atoms with E-state index in [0.29, 0.717) is 12.3 Å². The zero-order valence-corrected chi connectivity index (χ0v) is 20.5. The van der Waals surface area contributed by atoms with Crippen LogP contribution in [0, 0.1) is 17.8 Å². The van der Waals surface area contributed by atoms with Gasteiger partial charge in [0.05, 0.1) is 12.1 Å². The molecular formula is C25H43NO5. The minimum Gasteiger partial charge on any atom is -0.478 e. The number of carbonyl (C=O) groups is 2. The molecule has 0 radical (unpaired) electrons. The van der Waals surface area contributed by atoms with Crippen molar-refractivity contribution in [3.8, 4) is 0 Å². The number of hydrogen-bond donors (Lipinski definition) is 1. The lowest BCUT2D eigenvalue weighted by molar-refractivity contribution is -0.131. The molecule has 1 heterocycles. The molecule has 2 rings (SSSR count). The van der Waals surface area contributed by atoms with Gasteiger partial charge in [-0.3, -0.25) is 4.90 Å². The van der Waals surface area contributed by atoms with Gasteiger partial charge in [0, 0.05) is 6.08 Å². The smallest absolute Gasteiger partial charge is 0.412 e. The molecule has 0 bridgehead atoms. The molecule has 1 saturated carbocycles. The average molecular weight is 438 g/mol. The van der Waals surface area contributed by atoms with Gasteiger partial charge in [0.2, 0.25) is 0 Å². The van der Waals surface area contributed by atoms with Gasteiger partial charge in [-0.25, -0.2) is 9.59 Å². The van der Waals surface area contributed by atoms with Crippen molar-refractivity contribution in [3.05, 3.63) is 12.2 Å². The molecule has 6 nitrogen and oxygen atoms in total. The molecule has 3 atom stereocenters. The molecule has 178 valence electrons. The quantitative estimate of drug-likeness (QED) is 0.494. The number of rotatable bonds is 7. The predicted octanol–water partition coefficient (Wildman–Crippen LogP) is 6.00. The number of carboxylic acids is 1. The first-order valence-electron chi connectivity index (χ1n) is 11.9.